The molecule has 2 aliphatic heterocycles. The summed E-state index contributed by atoms with van der Waals surface area (Å²) in [7, 11) is 0. The minimum atomic E-state index is -0.363. The SMILES string of the molecule is O=C1C[C@H](N2CCN(c3cccc(Cl)c3)CC2)C(=O)N1c1ccc(I)cc1. The van der Waals surface area contributed by atoms with Gasteiger partial charge in [0.05, 0.1) is 18.2 Å². The molecule has 2 aromatic rings. The summed E-state index contributed by atoms with van der Waals surface area (Å²) in [5.41, 5.74) is 1.75. The van der Waals surface area contributed by atoms with Crippen LogP contribution in [0.15, 0.2) is 48.5 Å². The normalized spacial score (nSPS) is 21.2. The van der Waals surface area contributed by atoms with E-state index in [-0.39, 0.29) is 24.3 Å². The van der Waals surface area contributed by atoms with Crippen LogP contribution in [-0.4, -0.2) is 48.9 Å². The summed E-state index contributed by atoms with van der Waals surface area (Å²) in [6.07, 6.45) is 0.252. The first-order valence-electron chi connectivity index (χ1n) is 8.90. The molecule has 0 N–H and O–H groups in total. The molecule has 0 saturated carbocycles. The third-order valence-corrected chi connectivity index (χ3v) is 6.09. The summed E-state index contributed by atoms with van der Waals surface area (Å²) in [5, 5.41) is 0.722. The van der Waals surface area contributed by atoms with Crippen molar-refractivity contribution in [1.29, 1.82) is 0 Å². The second kappa shape index (κ2) is 7.77. The summed E-state index contributed by atoms with van der Waals surface area (Å²) in [6.45, 7) is 3.11. The molecule has 2 aliphatic rings. The van der Waals surface area contributed by atoms with Crippen molar-refractivity contribution in [2.45, 2.75) is 12.5 Å². The van der Waals surface area contributed by atoms with Crippen LogP contribution in [0.2, 0.25) is 5.02 Å². The van der Waals surface area contributed by atoms with Crippen molar-refractivity contribution < 1.29 is 9.59 Å². The number of carbonyl (C=O) groups is 2. The van der Waals surface area contributed by atoms with Crippen molar-refractivity contribution in [2.75, 3.05) is 36.0 Å². The highest BCUT2D eigenvalue weighted by molar-refractivity contribution is 14.1. The molecular weight excluding hydrogens is 477 g/mol. The molecule has 7 heteroatoms. The highest BCUT2D eigenvalue weighted by Crippen LogP contribution is 2.28. The minimum absolute atomic E-state index is 0.114. The van der Waals surface area contributed by atoms with Gasteiger partial charge in [-0.3, -0.25) is 14.5 Å². The Hall–Kier alpha value is -1.64. The highest BCUT2D eigenvalue weighted by atomic mass is 127. The summed E-state index contributed by atoms with van der Waals surface area (Å²) < 4.78 is 1.07. The lowest BCUT2D eigenvalue weighted by Gasteiger charge is -2.38. The van der Waals surface area contributed by atoms with Crippen LogP contribution < -0.4 is 9.80 Å². The lowest BCUT2D eigenvalue weighted by Crippen LogP contribution is -2.52. The van der Waals surface area contributed by atoms with Gasteiger partial charge >= 0.3 is 0 Å². The number of rotatable bonds is 3. The average molecular weight is 496 g/mol. The fourth-order valence-electron chi connectivity index (χ4n) is 3.73. The monoisotopic (exact) mass is 495 g/mol. The van der Waals surface area contributed by atoms with Gasteiger partial charge in [0.25, 0.3) is 5.91 Å². The fraction of sp³-hybridized carbons (Fsp3) is 0.300. The average Bonchev–Trinajstić information content (AvgIpc) is 2.97. The number of hydrogen-bond donors (Lipinski definition) is 0. The number of imide groups is 1. The van der Waals surface area contributed by atoms with E-state index < -0.39 is 0 Å². The zero-order valence-corrected chi connectivity index (χ0v) is 17.6. The van der Waals surface area contributed by atoms with Gasteiger partial charge in [0, 0.05) is 40.5 Å². The first-order chi connectivity index (χ1) is 13.0. The number of halogens is 2. The Kier molecular flexibility index (Phi) is 5.39. The first kappa shape index (κ1) is 18.7. The Morgan fingerprint density at radius 3 is 2.30 bits per heavy atom. The number of piperazine rings is 1. The summed E-state index contributed by atoms with van der Waals surface area (Å²) in [5.74, 6) is -0.235. The van der Waals surface area contributed by atoms with Crippen molar-refractivity contribution in [3.05, 3.63) is 57.1 Å². The zero-order chi connectivity index (χ0) is 19.0. The largest absolute Gasteiger partial charge is 0.369 e. The van der Waals surface area contributed by atoms with Crippen molar-refractivity contribution >= 4 is 57.4 Å². The molecule has 0 radical (unpaired) electrons. The van der Waals surface area contributed by atoms with Gasteiger partial charge in [-0.2, -0.15) is 0 Å². The number of amides is 2. The smallest absolute Gasteiger partial charge is 0.251 e. The van der Waals surface area contributed by atoms with Gasteiger partial charge in [0.1, 0.15) is 0 Å². The van der Waals surface area contributed by atoms with Gasteiger partial charge < -0.3 is 4.90 Å². The Morgan fingerprint density at radius 2 is 1.63 bits per heavy atom. The molecule has 140 valence electrons. The molecule has 2 saturated heterocycles. The maximum atomic E-state index is 12.9. The van der Waals surface area contributed by atoms with Crippen LogP contribution in [0.4, 0.5) is 11.4 Å². The third kappa shape index (κ3) is 3.83. The number of nitrogens with zero attached hydrogens (tertiary/aromatic N) is 3. The number of anilines is 2. The van der Waals surface area contributed by atoms with Gasteiger partial charge in [-0.25, -0.2) is 4.90 Å². The molecule has 0 bridgehead atoms. The third-order valence-electron chi connectivity index (χ3n) is 5.14. The van der Waals surface area contributed by atoms with Crippen LogP contribution in [0.1, 0.15) is 6.42 Å². The number of benzene rings is 2. The number of hydrogen-bond acceptors (Lipinski definition) is 4. The maximum absolute atomic E-state index is 12.9. The van der Waals surface area contributed by atoms with E-state index in [2.05, 4.69) is 32.4 Å². The summed E-state index contributed by atoms with van der Waals surface area (Å²) in [6, 6.07) is 14.9. The molecule has 0 aromatic heterocycles. The predicted octanol–water partition coefficient (Wildman–Crippen LogP) is 3.40. The summed E-state index contributed by atoms with van der Waals surface area (Å²) >= 11 is 8.30. The van der Waals surface area contributed by atoms with E-state index in [0.717, 1.165) is 40.5 Å². The minimum Gasteiger partial charge on any atom is -0.369 e. The predicted molar refractivity (Wildman–Crippen MR) is 115 cm³/mol. The van der Waals surface area contributed by atoms with Gasteiger partial charge in [-0.15, -0.1) is 0 Å². The quantitative estimate of drug-likeness (QED) is 0.484. The Morgan fingerprint density at radius 1 is 0.926 bits per heavy atom. The second-order valence-corrected chi connectivity index (χ2v) is 8.45. The lowest BCUT2D eigenvalue weighted by molar-refractivity contribution is -0.123. The van der Waals surface area contributed by atoms with Crippen molar-refractivity contribution in [3.8, 4) is 0 Å². The first-order valence-corrected chi connectivity index (χ1v) is 10.4. The van der Waals surface area contributed by atoms with E-state index in [1.807, 2.05) is 48.5 Å². The molecule has 2 fully saturated rings. The molecule has 2 heterocycles. The van der Waals surface area contributed by atoms with Crippen molar-refractivity contribution in [2.24, 2.45) is 0 Å². The van der Waals surface area contributed by atoms with E-state index in [0.29, 0.717) is 5.69 Å². The summed E-state index contributed by atoms with van der Waals surface area (Å²) in [4.78, 5) is 31.2. The van der Waals surface area contributed by atoms with Crippen LogP contribution in [0, 0.1) is 3.57 Å². The van der Waals surface area contributed by atoms with Crippen LogP contribution in [0.3, 0.4) is 0 Å². The van der Waals surface area contributed by atoms with Crippen LogP contribution >= 0.6 is 34.2 Å². The standard InChI is InChI=1S/C20H19ClIN3O2/c21-14-2-1-3-17(12-14)23-8-10-24(11-9-23)18-13-19(26)25(20(18)27)16-6-4-15(22)5-7-16/h1-7,12,18H,8-11,13H2/t18-/m0/s1. The molecular formula is C20H19ClIN3O2. The van der Waals surface area contributed by atoms with Crippen molar-refractivity contribution in [1.82, 2.24) is 4.90 Å². The molecule has 0 aliphatic carbocycles. The van der Waals surface area contributed by atoms with E-state index >= 15 is 0 Å². The molecule has 4 rings (SSSR count). The van der Waals surface area contributed by atoms with E-state index in [1.54, 1.807) is 0 Å². The van der Waals surface area contributed by atoms with Crippen LogP contribution in [0.25, 0.3) is 0 Å². The molecule has 2 aromatic carbocycles. The molecule has 0 spiro atoms. The molecule has 1 atom stereocenters. The van der Waals surface area contributed by atoms with Crippen LogP contribution in [0.5, 0.6) is 0 Å². The fourth-order valence-corrected chi connectivity index (χ4v) is 4.27. The van der Waals surface area contributed by atoms with Crippen LogP contribution in [-0.2, 0) is 9.59 Å². The van der Waals surface area contributed by atoms with E-state index in [1.165, 1.54) is 4.90 Å². The molecule has 0 unspecified atom stereocenters. The molecule has 27 heavy (non-hydrogen) atoms. The molecule has 5 nitrogen and oxygen atoms in total. The van der Waals surface area contributed by atoms with E-state index in [4.69, 9.17) is 11.6 Å². The van der Waals surface area contributed by atoms with Gasteiger partial charge in [-0.1, -0.05) is 17.7 Å². The zero-order valence-electron chi connectivity index (χ0n) is 14.6. The Bertz CT molecular complexity index is 866. The van der Waals surface area contributed by atoms with Gasteiger partial charge in [0.2, 0.25) is 5.91 Å². The van der Waals surface area contributed by atoms with Crippen molar-refractivity contribution in [3.63, 3.8) is 0 Å². The van der Waals surface area contributed by atoms with E-state index in [9.17, 15) is 9.59 Å². The number of carbonyl (C=O) groups excluding carboxylic acids is 2. The van der Waals surface area contributed by atoms with Gasteiger partial charge in [0.15, 0.2) is 0 Å². The molecule has 2 amide bonds. The lowest BCUT2D eigenvalue weighted by atomic mass is 10.1. The second-order valence-electron chi connectivity index (χ2n) is 6.77. The topological polar surface area (TPSA) is 43.9 Å². The Balaban J connectivity index is 1.43. The Labute approximate surface area is 177 Å². The van der Waals surface area contributed by atoms with Gasteiger partial charge in [-0.05, 0) is 65.1 Å². The maximum Gasteiger partial charge on any atom is 0.251 e. The highest BCUT2D eigenvalue weighted by Gasteiger charge is 2.43.